The van der Waals surface area contributed by atoms with Gasteiger partial charge in [0.15, 0.2) is 17.6 Å². The lowest BCUT2D eigenvalue weighted by atomic mass is 9.49. The molecule has 2 aliphatic heterocycles. The quantitative estimate of drug-likeness (QED) is 0.842. The molecule has 0 amide bonds. The first-order valence-corrected chi connectivity index (χ1v) is 9.74. The van der Waals surface area contributed by atoms with Gasteiger partial charge in [-0.3, -0.25) is 9.69 Å². The molecule has 2 heterocycles. The van der Waals surface area contributed by atoms with E-state index in [0.717, 1.165) is 36.6 Å². The highest BCUT2D eigenvalue weighted by Crippen LogP contribution is 2.65. The van der Waals surface area contributed by atoms with Crippen molar-refractivity contribution in [1.82, 2.24) is 4.90 Å². The van der Waals surface area contributed by atoms with E-state index in [-0.39, 0.29) is 17.5 Å². The lowest BCUT2D eigenvalue weighted by Crippen LogP contribution is -2.76. The summed E-state index contributed by atoms with van der Waals surface area (Å²) in [4.78, 5) is 26.5. The van der Waals surface area contributed by atoms with Crippen molar-refractivity contribution in [3.63, 3.8) is 0 Å². The van der Waals surface area contributed by atoms with E-state index in [1.54, 1.807) is 6.07 Å². The Morgan fingerprint density at radius 1 is 1.31 bits per heavy atom. The molecule has 1 spiro atoms. The number of nitrogens with zero attached hydrogens (tertiary/aromatic N) is 2. The number of rotatable bonds is 3. The zero-order valence-corrected chi connectivity index (χ0v) is 14.6. The van der Waals surface area contributed by atoms with E-state index < -0.39 is 17.1 Å². The zero-order chi connectivity index (χ0) is 17.7. The van der Waals surface area contributed by atoms with Crippen LogP contribution in [0.1, 0.15) is 43.2 Å². The van der Waals surface area contributed by atoms with Gasteiger partial charge in [0, 0.05) is 24.6 Å². The molecule has 5 aliphatic rings. The van der Waals surface area contributed by atoms with Crippen molar-refractivity contribution in [3.8, 4) is 5.75 Å². The molecule has 136 valence electrons. The fourth-order valence-corrected chi connectivity index (χ4v) is 6.34. The van der Waals surface area contributed by atoms with Crippen LogP contribution in [0.15, 0.2) is 17.3 Å². The van der Waals surface area contributed by atoms with Crippen LogP contribution in [-0.2, 0) is 16.6 Å². The average molecular weight is 354 g/mol. The van der Waals surface area contributed by atoms with Gasteiger partial charge in [0.05, 0.1) is 11.0 Å². The minimum atomic E-state index is -0.974. The molecule has 1 N–H and O–H groups in total. The molecule has 6 heteroatoms. The van der Waals surface area contributed by atoms with Crippen LogP contribution < -0.4 is 4.74 Å². The summed E-state index contributed by atoms with van der Waals surface area (Å²) in [6.07, 6.45) is 4.16. The number of piperidine rings is 1. The van der Waals surface area contributed by atoms with Crippen molar-refractivity contribution in [2.24, 2.45) is 11.1 Å². The van der Waals surface area contributed by atoms with Gasteiger partial charge in [-0.25, -0.2) is 0 Å². The number of carbonyl (C=O) groups excluding carboxylic acids is 1. The first-order valence-electron chi connectivity index (χ1n) is 9.74. The third-order valence-electron chi connectivity index (χ3n) is 7.66. The van der Waals surface area contributed by atoms with Crippen molar-refractivity contribution < 1.29 is 14.6 Å². The van der Waals surface area contributed by atoms with Crippen LogP contribution in [-0.4, -0.2) is 46.6 Å². The Bertz CT molecular complexity index is 850. The number of benzene rings is 1. The molecule has 2 bridgehead atoms. The van der Waals surface area contributed by atoms with Crippen molar-refractivity contribution in [3.05, 3.63) is 28.2 Å². The second-order valence-corrected chi connectivity index (χ2v) is 8.81. The van der Waals surface area contributed by atoms with Crippen LogP contribution in [0.2, 0.25) is 0 Å². The minimum Gasteiger partial charge on any atom is -0.479 e. The smallest absolute Gasteiger partial charge is 0.174 e. The summed E-state index contributed by atoms with van der Waals surface area (Å²) in [5.74, 6) is 1.25. The number of ketones is 1. The summed E-state index contributed by atoms with van der Waals surface area (Å²) in [6.45, 7) is 1.91. The largest absolute Gasteiger partial charge is 0.479 e. The molecule has 1 aromatic rings. The molecule has 1 unspecified atom stereocenters. The molecule has 1 aromatic carbocycles. The van der Waals surface area contributed by atoms with Crippen molar-refractivity contribution in [2.45, 2.75) is 61.7 Å². The number of hydrogen-bond donors (Lipinski definition) is 1. The predicted molar refractivity (Wildman–Crippen MR) is 93.6 cm³/mol. The van der Waals surface area contributed by atoms with Gasteiger partial charge < -0.3 is 9.84 Å². The van der Waals surface area contributed by atoms with Crippen LogP contribution in [0.4, 0.5) is 5.69 Å². The average Bonchev–Trinajstić information content (AvgIpc) is 3.37. The summed E-state index contributed by atoms with van der Waals surface area (Å²) < 4.78 is 6.08. The molecule has 0 aromatic heterocycles. The minimum absolute atomic E-state index is 0.0181. The Kier molecular flexibility index (Phi) is 2.78. The molecular weight excluding hydrogens is 332 g/mol. The van der Waals surface area contributed by atoms with E-state index in [9.17, 15) is 14.8 Å². The van der Waals surface area contributed by atoms with Gasteiger partial charge in [-0.05, 0) is 61.4 Å². The Balaban J connectivity index is 1.58. The first kappa shape index (κ1) is 15.3. The van der Waals surface area contributed by atoms with Crippen LogP contribution in [0.5, 0.6) is 5.75 Å². The van der Waals surface area contributed by atoms with Gasteiger partial charge in [-0.15, -0.1) is 4.91 Å². The van der Waals surface area contributed by atoms with E-state index in [0.29, 0.717) is 25.0 Å². The van der Waals surface area contributed by atoms with Crippen LogP contribution in [0.25, 0.3) is 0 Å². The maximum atomic E-state index is 12.8. The molecular formula is C20H22N2O4. The molecule has 6 nitrogen and oxygen atoms in total. The Hall–Kier alpha value is -1.79. The van der Waals surface area contributed by atoms with Gasteiger partial charge in [-0.1, -0.05) is 6.07 Å². The Morgan fingerprint density at radius 2 is 2.15 bits per heavy atom. The van der Waals surface area contributed by atoms with E-state index in [4.69, 9.17) is 4.74 Å². The Morgan fingerprint density at radius 3 is 2.92 bits per heavy atom. The zero-order valence-electron chi connectivity index (χ0n) is 14.6. The third-order valence-corrected chi connectivity index (χ3v) is 7.66. The lowest BCUT2D eigenvalue weighted by molar-refractivity contribution is -0.188. The second-order valence-electron chi connectivity index (χ2n) is 8.81. The summed E-state index contributed by atoms with van der Waals surface area (Å²) in [5.41, 5.74) is 0.577. The van der Waals surface area contributed by atoms with E-state index >= 15 is 0 Å². The normalized spacial score (nSPS) is 40.1. The topological polar surface area (TPSA) is 79.2 Å². The van der Waals surface area contributed by atoms with E-state index in [1.165, 1.54) is 12.8 Å². The summed E-state index contributed by atoms with van der Waals surface area (Å²) in [7, 11) is 0. The molecule has 2 saturated carbocycles. The maximum absolute atomic E-state index is 12.8. The van der Waals surface area contributed by atoms with Crippen LogP contribution in [0, 0.1) is 10.8 Å². The standard InChI is InChI=1S/C20H22N2O4/c23-14-5-6-20(24)15-9-12-3-4-13(21-25)17-16(12)19(20,18(14)26-17)7-8-22(15)10-11-1-2-11/h3-4,11,15,18,24H,1-2,5-10H2/t15-,18+,19?,20-/m1/s1. The molecule has 0 radical (unpaired) electrons. The monoisotopic (exact) mass is 354 g/mol. The summed E-state index contributed by atoms with van der Waals surface area (Å²) in [6, 6.07) is 3.67. The highest BCUT2D eigenvalue weighted by molar-refractivity contribution is 5.90. The number of Topliss-reactive ketones (excluding diaryl/α,β-unsaturated/α-hetero) is 1. The number of ether oxygens (including phenoxy) is 1. The van der Waals surface area contributed by atoms with E-state index in [1.807, 2.05) is 6.07 Å². The van der Waals surface area contributed by atoms with Gasteiger partial charge in [0.1, 0.15) is 5.69 Å². The SMILES string of the molecule is O=Nc1ccc2c3c1O[C@H]1C(=O)CC[C@@]4(O)[C@@H](C2)N(CC2CC2)CCC314. The predicted octanol–water partition coefficient (Wildman–Crippen LogP) is 2.22. The van der Waals surface area contributed by atoms with E-state index in [2.05, 4.69) is 10.1 Å². The molecule has 3 fully saturated rings. The fraction of sp³-hybridized carbons (Fsp3) is 0.650. The molecule has 1 saturated heterocycles. The number of likely N-dealkylation sites (tertiary alicyclic amines) is 1. The molecule has 26 heavy (non-hydrogen) atoms. The summed E-state index contributed by atoms with van der Waals surface area (Å²) in [5, 5.41) is 15.1. The number of aliphatic hydroxyl groups is 1. The maximum Gasteiger partial charge on any atom is 0.174 e. The van der Waals surface area contributed by atoms with Crippen LogP contribution in [0.3, 0.4) is 0 Å². The highest BCUT2D eigenvalue weighted by atomic mass is 16.5. The molecule has 3 aliphatic carbocycles. The van der Waals surface area contributed by atoms with Crippen LogP contribution >= 0.6 is 0 Å². The lowest BCUT2D eigenvalue weighted by Gasteiger charge is -2.62. The number of hydrogen-bond acceptors (Lipinski definition) is 6. The van der Waals surface area contributed by atoms with Gasteiger partial charge in [0.25, 0.3) is 0 Å². The highest BCUT2D eigenvalue weighted by Gasteiger charge is 2.73. The van der Waals surface area contributed by atoms with Gasteiger partial charge in [0.2, 0.25) is 0 Å². The second kappa shape index (κ2) is 4.73. The van der Waals surface area contributed by atoms with Gasteiger partial charge in [-0.2, -0.15) is 0 Å². The van der Waals surface area contributed by atoms with Crippen molar-refractivity contribution >= 4 is 11.5 Å². The summed E-state index contributed by atoms with van der Waals surface area (Å²) >= 11 is 0. The number of nitroso groups, excluding NO2 is 1. The van der Waals surface area contributed by atoms with Crippen molar-refractivity contribution in [2.75, 3.05) is 13.1 Å². The first-order chi connectivity index (χ1) is 12.6. The third kappa shape index (κ3) is 1.59. The molecule has 6 rings (SSSR count). The fourth-order valence-electron chi connectivity index (χ4n) is 6.34. The van der Waals surface area contributed by atoms with Gasteiger partial charge >= 0.3 is 0 Å². The number of carbonyl (C=O) groups is 1. The van der Waals surface area contributed by atoms with Crippen molar-refractivity contribution in [1.29, 1.82) is 0 Å². The molecule has 4 atom stereocenters. The Labute approximate surface area is 151 Å².